The smallest absolute Gasteiger partial charge is 0.223 e. The molecular formula is C22H31FN4O4S. The highest BCUT2D eigenvalue weighted by molar-refractivity contribution is 7.93. The maximum Gasteiger partial charge on any atom is 0.223 e. The summed E-state index contributed by atoms with van der Waals surface area (Å²) >= 11 is 0. The second-order valence-corrected chi connectivity index (χ2v) is 11.1. The summed E-state index contributed by atoms with van der Waals surface area (Å²) in [5.74, 6) is -0.913. The molecule has 32 heavy (non-hydrogen) atoms. The van der Waals surface area contributed by atoms with Gasteiger partial charge in [0, 0.05) is 41.4 Å². The van der Waals surface area contributed by atoms with Crippen LogP contribution in [0.4, 0.5) is 4.39 Å². The number of aliphatic imine (C=N–C) groups is 1. The van der Waals surface area contributed by atoms with Gasteiger partial charge in [-0.2, -0.15) is 0 Å². The molecule has 0 aromatic carbocycles. The lowest BCUT2D eigenvalue weighted by Crippen LogP contribution is -2.64. The predicted molar refractivity (Wildman–Crippen MR) is 122 cm³/mol. The van der Waals surface area contributed by atoms with Gasteiger partial charge in [-0.1, -0.05) is 0 Å². The van der Waals surface area contributed by atoms with E-state index in [1.165, 1.54) is 6.07 Å². The van der Waals surface area contributed by atoms with Crippen LogP contribution < -0.4 is 15.8 Å². The molecule has 0 bridgehead atoms. The van der Waals surface area contributed by atoms with E-state index in [1.54, 1.807) is 6.92 Å². The summed E-state index contributed by atoms with van der Waals surface area (Å²) in [6.07, 6.45) is 2.40. The van der Waals surface area contributed by atoms with E-state index in [2.05, 4.69) is 15.3 Å². The molecule has 2 fully saturated rings. The number of carbonyl (C=O) groups excluding carboxylic acids is 1. The number of halogens is 1. The fourth-order valence-electron chi connectivity index (χ4n) is 4.29. The number of hydrogen-bond acceptors (Lipinski definition) is 7. The number of allylic oxidation sites excluding steroid dienone is 1. The van der Waals surface area contributed by atoms with Gasteiger partial charge in [0.25, 0.3) is 0 Å². The van der Waals surface area contributed by atoms with Crippen LogP contribution in [0.25, 0.3) is 5.70 Å². The van der Waals surface area contributed by atoms with Crippen LogP contribution in [-0.4, -0.2) is 54.7 Å². The molecule has 1 aliphatic heterocycles. The SMILES string of the molecule is CCOc1cc(C(N)=C2CC[C@@H](C(=O)NC3(C)CS(=O)(=O)C3)CC2=NC(C)C)c(F)cn1. The van der Waals surface area contributed by atoms with Crippen LogP contribution in [0.5, 0.6) is 5.88 Å². The quantitative estimate of drug-likeness (QED) is 0.663. The van der Waals surface area contributed by atoms with Crippen LogP contribution >= 0.6 is 0 Å². The molecule has 10 heteroatoms. The molecular weight excluding hydrogens is 435 g/mol. The van der Waals surface area contributed by atoms with Gasteiger partial charge in [0.2, 0.25) is 11.8 Å². The molecule has 1 aliphatic carbocycles. The molecule has 1 aromatic heterocycles. The number of aromatic nitrogens is 1. The first-order chi connectivity index (χ1) is 14.9. The summed E-state index contributed by atoms with van der Waals surface area (Å²) in [5, 5.41) is 2.89. The van der Waals surface area contributed by atoms with Gasteiger partial charge < -0.3 is 15.8 Å². The first-order valence-corrected chi connectivity index (χ1v) is 12.6. The Bertz CT molecular complexity index is 1050. The molecule has 0 radical (unpaired) electrons. The summed E-state index contributed by atoms with van der Waals surface area (Å²) in [7, 11) is -3.07. The fourth-order valence-corrected chi connectivity index (χ4v) is 6.29. The Morgan fingerprint density at radius 2 is 2.12 bits per heavy atom. The van der Waals surface area contributed by atoms with E-state index in [0.717, 1.165) is 6.20 Å². The van der Waals surface area contributed by atoms with Gasteiger partial charge in [0.15, 0.2) is 15.7 Å². The van der Waals surface area contributed by atoms with Crippen molar-refractivity contribution in [3.8, 4) is 5.88 Å². The standard InChI is InChI=1S/C22H31FN4O4S/c1-5-31-19-9-16(17(23)10-25-19)20(24)15-7-6-14(8-18(15)26-13(2)3)21(28)27-22(4)11-32(29,30)12-22/h9-10,13-14H,5-8,11-12,24H2,1-4H3,(H,27,28)/t14-/m1/s1. The van der Waals surface area contributed by atoms with Gasteiger partial charge in [0.05, 0.1) is 29.8 Å². The van der Waals surface area contributed by atoms with E-state index < -0.39 is 21.2 Å². The minimum Gasteiger partial charge on any atom is -0.478 e. The Balaban J connectivity index is 1.85. The Hall–Kier alpha value is -2.49. The molecule has 3 rings (SSSR count). The number of hydrogen-bond donors (Lipinski definition) is 2. The van der Waals surface area contributed by atoms with E-state index in [0.29, 0.717) is 37.2 Å². The maximum atomic E-state index is 14.5. The van der Waals surface area contributed by atoms with Gasteiger partial charge in [0.1, 0.15) is 0 Å². The molecule has 1 saturated carbocycles. The van der Waals surface area contributed by atoms with Crippen LogP contribution in [0.2, 0.25) is 0 Å². The first-order valence-electron chi connectivity index (χ1n) is 10.8. The minimum atomic E-state index is -3.07. The number of rotatable bonds is 6. The molecule has 1 atom stereocenters. The van der Waals surface area contributed by atoms with Crippen LogP contribution in [-0.2, 0) is 14.6 Å². The average molecular weight is 467 g/mol. The number of ether oxygens (including phenoxy) is 1. The first kappa shape index (κ1) is 24.2. The number of amides is 1. The summed E-state index contributed by atoms with van der Waals surface area (Å²) in [5.41, 5.74) is 7.52. The van der Waals surface area contributed by atoms with Crippen molar-refractivity contribution in [2.45, 2.75) is 58.5 Å². The highest BCUT2D eigenvalue weighted by Crippen LogP contribution is 2.33. The third kappa shape index (κ3) is 5.46. The zero-order valence-electron chi connectivity index (χ0n) is 18.9. The van der Waals surface area contributed by atoms with E-state index in [4.69, 9.17) is 10.5 Å². The van der Waals surface area contributed by atoms with Crippen LogP contribution in [0.3, 0.4) is 0 Å². The van der Waals surface area contributed by atoms with Gasteiger partial charge in [-0.15, -0.1) is 0 Å². The summed E-state index contributed by atoms with van der Waals surface area (Å²) < 4.78 is 43.0. The summed E-state index contributed by atoms with van der Waals surface area (Å²) in [6, 6.07) is 1.44. The Labute approximate surface area is 188 Å². The predicted octanol–water partition coefficient (Wildman–Crippen LogP) is 2.24. The zero-order chi connectivity index (χ0) is 23.7. The third-order valence-corrected chi connectivity index (χ3v) is 7.71. The summed E-state index contributed by atoms with van der Waals surface area (Å²) in [6.45, 7) is 7.79. The maximum absolute atomic E-state index is 14.5. The minimum absolute atomic E-state index is 0.0369. The van der Waals surface area contributed by atoms with Crippen LogP contribution in [0.15, 0.2) is 22.8 Å². The number of nitrogens with zero attached hydrogens (tertiary/aromatic N) is 2. The lowest BCUT2D eigenvalue weighted by atomic mass is 9.81. The molecule has 2 heterocycles. The average Bonchev–Trinajstić information content (AvgIpc) is 2.66. The highest BCUT2D eigenvalue weighted by atomic mass is 32.2. The van der Waals surface area contributed by atoms with E-state index in [9.17, 15) is 17.6 Å². The Morgan fingerprint density at radius 3 is 2.72 bits per heavy atom. The van der Waals surface area contributed by atoms with E-state index in [-0.39, 0.29) is 46.5 Å². The normalized spacial score (nSPS) is 24.7. The number of carbonyl (C=O) groups is 1. The molecule has 0 spiro atoms. The molecule has 2 aliphatic rings. The van der Waals surface area contributed by atoms with Crippen molar-refractivity contribution >= 4 is 27.2 Å². The van der Waals surface area contributed by atoms with Crippen molar-refractivity contribution in [3.63, 3.8) is 0 Å². The monoisotopic (exact) mass is 466 g/mol. The van der Waals surface area contributed by atoms with Crippen LogP contribution in [0.1, 0.15) is 52.5 Å². The molecule has 8 nitrogen and oxygen atoms in total. The molecule has 1 saturated heterocycles. The highest BCUT2D eigenvalue weighted by Gasteiger charge is 2.46. The topological polar surface area (TPSA) is 124 Å². The largest absolute Gasteiger partial charge is 0.478 e. The number of pyridine rings is 1. The van der Waals surface area contributed by atoms with Crippen molar-refractivity contribution in [3.05, 3.63) is 29.2 Å². The van der Waals surface area contributed by atoms with E-state index in [1.807, 2.05) is 20.8 Å². The van der Waals surface area contributed by atoms with Gasteiger partial charge in [-0.3, -0.25) is 9.79 Å². The fraction of sp³-hybridized carbons (Fsp3) is 0.591. The number of sulfone groups is 1. The Morgan fingerprint density at radius 1 is 1.44 bits per heavy atom. The second-order valence-electron chi connectivity index (χ2n) is 9.02. The number of nitrogens with two attached hydrogens (primary N) is 1. The molecule has 0 unspecified atom stereocenters. The molecule has 3 N–H and O–H groups in total. The molecule has 1 amide bonds. The number of nitrogens with one attached hydrogen (secondary N) is 1. The van der Waals surface area contributed by atoms with E-state index >= 15 is 0 Å². The molecule has 176 valence electrons. The summed E-state index contributed by atoms with van der Waals surface area (Å²) in [4.78, 5) is 21.5. The van der Waals surface area contributed by atoms with Gasteiger partial charge in [-0.25, -0.2) is 17.8 Å². The lowest BCUT2D eigenvalue weighted by Gasteiger charge is -2.40. The van der Waals surface area contributed by atoms with Crippen LogP contribution in [0, 0.1) is 11.7 Å². The van der Waals surface area contributed by atoms with Crippen molar-refractivity contribution in [2.75, 3.05) is 18.1 Å². The van der Waals surface area contributed by atoms with Gasteiger partial charge >= 0.3 is 0 Å². The zero-order valence-corrected chi connectivity index (χ0v) is 19.8. The van der Waals surface area contributed by atoms with Gasteiger partial charge in [-0.05, 0) is 46.1 Å². The third-order valence-electron chi connectivity index (χ3n) is 5.56. The second kappa shape index (κ2) is 9.17. The lowest BCUT2D eigenvalue weighted by molar-refractivity contribution is -0.126. The van der Waals surface area contributed by atoms with Crippen molar-refractivity contribution in [2.24, 2.45) is 16.6 Å². The Kier molecular flexibility index (Phi) is 6.92. The molecule has 1 aromatic rings. The van der Waals surface area contributed by atoms with Crippen molar-refractivity contribution in [1.82, 2.24) is 10.3 Å². The van der Waals surface area contributed by atoms with Crippen molar-refractivity contribution in [1.29, 1.82) is 0 Å². The van der Waals surface area contributed by atoms with Crippen molar-refractivity contribution < 1.29 is 22.3 Å².